The van der Waals surface area contributed by atoms with Crippen LogP contribution in [0.3, 0.4) is 0 Å². The fourth-order valence-corrected chi connectivity index (χ4v) is 3.47. The van der Waals surface area contributed by atoms with Gasteiger partial charge in [0.05, 0.1) is 4.90 Å². The highest BCUT2D eigenvalue weighted by atomic mass is 32.2. The molecule has 0 saturated carbocycles. The zero-order chi connectivity index (χ0) is 19.9. The lowest BCUT2D eigenvalue weighted by Gasteiger charge is -2.12. The summed E-state index contributed by atoms with van der Waals surface area (Å²) in [7, 11) is 0.00825. The number of rotatable bonds is 9. The van der Waals surface area contributed by atoms with E-state index in [1.807, 2.05) is 19.0 Å². The summed E-state index contributed by atoms with van der Waals surface area (Å²) in [5, 5.41) is 2.68. The van der Waals surface area contributed by atoms with Crippen LogP contribution in [0.1, 0.15) is 15.9 Å². The van der Waals surface area contributed by atoms with Crippen LogP contribution in [0.25, 0.3) is 0 Å². The fraction of sp³-hybridized carbons (Fsp3) is 0.316. The van der Waals surface area contributed by atoms with Crippen molar-refractivity contribution in [2.45, 2.75) is 11.3 Å². The number of hydrogen-bond donors (Lipinski definition) is 2. The van der Waals surface area contributed by atoms with Gasteiger partial charge in [-0.2, -0.15) is 0 Å². The number of halogens is 1. The molecule has 0 saturated heterocycles. The van der Waals surface area contributed by atoms with Gasteiger partial charge in [0, 0.05) is 25.2 Å². The van der Waals surface area contributed by atoms with Crippen LogP contribution in [-0.4, -0.2) is 53.0 Å². The Bertz CT molecular complexity index is 885. The number of hydrogen-bond acceptors (Lipinski definition) is 4. The standard InChI is InChI=1S/C19H24FN3O3S/c1-23(2)13-12-22-27(25,26)17-8-5-7-16(14-17)19(24)21-11-10-15-6-3-4-9-18(15)20/h3-9,14,22H,10-13H2,1-2H3,(H,21,24). The number of sulfonamides is 1. The van der Waals surface area contributed by atoms with E-state index in [1.165, 1.54) is 30.3 Å². The van der Waals surface area contributed by atoms with Crippen LogP contribution in [0, 0.1) is 5.82 Å². The second-order valence-electron chi connectivity index (χ2n) is 6.33. The van der Waals surface area contributed by atoms with Crippen LogP contribution < -0.4 is 10.0 Å². The zero-order valence-corrected chi connectivity index (χ0v) is 16.2. The SMILES string of the molecule is CN(C)CCNS(=O)(=O)c1cccc(C(=O)NCCc2ccccc2F)c1. The molecule has 2 aromatic carbocycles. The van der Waals surface area contributed by atoms with E-state index in [-0.39, 0.29) is 29.4 Å². The highest BCUT2D eigenvalue weighted by molar-refractivity contribution is 7.89. The van der Waals surface area contributed by atoms with Crippen LogP contribution in [0.2, 0.25) is 0 Å². The summed E-state index contributed by atoms with van der Waals surface area (Å²) in [5.74, 6) is -0.722. The van der Waals surface area contributed by atoms with Crippen molar-refractivity contribution in [1.82, 2.24) is 14.9 Å². The monoisotopic (exact) mass is 393 g/mol. The maximum Gasteiger partial charge on any atom is 0.251 e. The predicted molar refractivity (Wildman–Crippen MR) is 103 cm³/mol. The molecule has 0 unspecified atom stereocenters. The largest absolute Gasteiger partial charge is 0.352 e. The van der Waals surface area contributed by atoms with Gasteiger partial charge >= 0.3 is 0 Å². The van der Waals surface area contributed by atoms with Crippen LogP contribution in [0.4, 0.5) is 4.39 Å². The van der Waals surface area contributed by atoms with Crippen molar-refractivity contribution < 1.29 is 17.6 Å². The molecule has 146 valence electrons. The van der Waals surface area contributed by atoms with E-state index in [1.54, 1.807) is 18.2 Å². The first-order valence-electron chi connectivity index (χ1n) is 8.55. The van der Waals surface area contributed by atoms with Crippen LogP contribution in [-0.2, 0) is 16.4 Å². The quantitative estimate of drug-likeness (QED) is 0.679. The van der Waals surface area contributed by atoms with Crippen molar-refractivity contribution >= 4 is 15.9 Å². The molecule has 2 aromatic rings. The Morgan fingerprint density at radius 3 is 2.52 bits per heavy atom. The summed E-state index contributed by atoms with van der Waals surface area (Å²) < 4.78 is 40.7. The summed E-state index contributed by atoms with van der Waals surface area (Å²) >= 11 is 0. The van der Waals surface area contributed by atoms with Gasteiger partial charge in [0.2, 0.25) is 10.0 Å². The van der Waals surface area contributed by atoms with E-state index in [0.717, 1.165) is 0 Å². The lowest BCUT2D eigenvalue weighted by molar-refractivity contribution is 0.0954. The van der Waals surface area contributed by atoms with Gasteiger partial charge in [-0.3, -0.25) is 4.79 Å². The molecule has 0 bridgehead atoms. The van der Waals surface area contributed by atoms with Crippen molar-refractivity contribution in [2.24, 2.45) is 0 Å². The zero-order valence-electron chi connectivity index (χ0n) is 15.4. The summed E-state index contributed by atoms with van der Waals surface area (Å²) in [4.78, 5) is 14.2. The summed E-state index contributed by atoms with van der Waals surface area (Å²) in [5.41, 5.74) is 0.748. The van der Waals surface area contributed by atoms with Gasteiger partial charge in [0.1, 0.15) is 5.82 Å². The number of likely N-dealkylation sites (N-methyl/N-ethyl adjacent to an activating group) is 1. The summed E-state index contributed by atoms with van der Waals surface area (Å²) in [6.45, 7) is 1.08. The summed E-state index contributed by atoms with van der Waals surface area (Å²) in [6, 6.07) is 12.2. The molecule has 1 amide bonds. The number of nitrogens with zero attached hydrogens (tertiary/aromatic N) is 1. The van der Waals surface area contributed by atoms with E-state index in [2.05, 4.69) is 10.0 Å². The molecule has 0 spiro atoms. The third-order valence-electron chi connectivity index (χ3n) is 3.90. The van der Waals surface area contributed by atoms with Crippen molar-refractivity contribution in [3.63, 3.8) is 0 Å². The Morgan fingerprint density at radius 2 is 1.81 bits per heavy atom. The average Bonchev–Trinajstić information content (AvgIpc) is 2.63. The molecule has 6 nitrogen and oxygen atoms in total. The lowest BCUT2D eigenvalue weighted by Crippen LogP contribution is -2.31. The molecule has 0 aliphatic carbocycles. The minimum absolute atomic E-state index is 0.0306. The van der Waals surface area contributed by atoms with Gasteiger partial charge < -0.3 is 10.2 Å². The maximum atomic E-state index is 13.6. The Morgan fingerprint density at radius 1 is 1.07 bits per heavy atom. The summed E-state index contributed by atoms with van der Waals surface area (Å²) in [6.07, 6.45) is 0.350. The van der Waals surface area contributed by atoms with E-state index in [9.17, 15) is 17.6 Å². The van der Waals surface area contributed by atoms with Crippen LogP contribution in [0.15, 0.2) is 53.4 Å². The Kier molecular flexibility index (Phi) is 7.46. The lowest BCUT2D eigenvalue weighted by atomic mass is 10.1. The molecule has 0 atom stereocenters. The third-order valence-corrected chi connectivity index (χ3v) is 5.35. The van der Waals surface area contributed by atoms with Crippen LogP contribution >= 0.6 is 0 Å². The van der Waals surface area contributed by atoms with Gasteiger partial charge in [0.15, 0.2) is 0 Å². The Hall–Kier alpha value is -2.29. The number of nitrogens with one attached hydrogen (secondary N) is 2. The second-order valence-corrected chi connectivity index (χ2v) is 8.09. The molecule has 0 fully saturated rings. The molecule has 27 heavy (non-hydrogen) atoms. The molecule has 0 aliphatic rings. The normalized spacial score (nSPS) is 11.6. The number of carbonyl (C=O) groups is 1. The first kappa shape index (κ1) is 21.0. The van der Waals surface area contributed by atoms with Gasteiger partial charge in [-0.15, -0.1) is 0 Å². The van der Waals surface area contributed by atoms with Crippen LogP contribution in [0.5, 0.6) is 0 Å². The first-order chi connectivity index (χ1) is 12.8. The molecular formula is C19H24FN3O3S. The molecule has 0 heterocycles. The number of benzene rings is 2. The van der Waals surface area contributed by atoms with E-state index in [0.29, 0.717) is 18.5 Å². The highest BCUT2D eigenvalue weighted by Gasteiger charge is 2.16. The van der Waals surface area contributed by atoms with Crippen molar-refractivity contribution in [1.29, 1.82) is 0 Å². The average molecular weight is 393 g/mol. The second kappa shape index (κ2) is 9.59. The first-order valence-corrected chi connectivity index (χ1v) is 10.0. The fourth-order valence-electron chi connectivity index (χ4n) is 2.41. The maximum absolute atomic E-state index is 13.6. The number of carbonyl (C=O) groups excluding carboxylic acids is 1. The van der Waals surface area contributed by atoms with Crippen molar-refractivity contribution in [3.05, 3.63) is 65.5 Å². The van der Waals surface area contributed by atoms with Crippen molar-refractivity contribution in [2.75, 3.05) is 33.7 Å². The molecule has 0 aromatic heterocycles. The van der Waals surface area contributed by atoms with Gasteiger partial charge in [0.25, 0.3) is 5.91 Å². The minimum atomic E-state index is -3.69. The van der Waals surface area contributed by atoms with Gasteiger partial charge in [-0.25, -0.2) is 17.5 Å². The molecule has 0 aliphatic heterocycles. The molecular weight excluding hydrogens is 369 g/mol. The molecule has 2 N–H and O–H groups in total. The van der Waals surface area contributed by atoms with E-state index < -0.39 is 15.9 Å². The topological polar surface area (TPSA) is 78.5 Å². The van der Waals surface area contributed by atoms with Gasteiger partial charge in [-0.05, 0) is 50.3 Å². The van der Waals surface area contributed by atoms with Gasteiger partial charge in [-0.1, -0.05) is 24.3 Å². The van der Waals surface area contributed by atoms with E-state index in [4.69, 9.17) is 0 Å². The number of amides is 1. The molecule has 2 rings (SSSR count). The Labute approximate surface area is 159 Å². The molecule has 8 heteroatoms. The van der Waals surface area contributed by atoms with E-state index >= 15 is 0 Å². The van der Waals surface area contributed by atoms with Crippen molar-refractivity contribution in [3.8, 4) is 0 Å². The predicted octanol–water partition coefficient (Wildman–Crippen LogP) is 1.64. The Balaban J connectivity index is 1.97. The smallest absolute Gasteiger partial charge is 0.251 e. The molecule has 0 radical (unpaired) electrons. The minimum Gasteiger partial charge on any atom is -0.352 e. The third kappa shape index (κ3) is 6.42. The highest BCUT2D eigenvalue weighted by Crippen LogP contribution is 2.12.